The van der Waals surface area contributed by atoms with Gasteiger partial charge in [0.2, 0.25) is 5.78 Å². The number of halogens is 1. The van der Waals surface area contributed by atoms with Crippen molar-refractivity contribution >= 4 is 33.8 Å². The smallest absolute Gasteiger partial charge is 0.344 e. The third-order valence-corrected chi connectivity index (χ3v) is 5.35. The molecule has 3 aromatic carbocycles. The van der Waals surface area contributed by atoms with Gasteiger partial charge < -0.3 is 18.9 Å². The van der Waals surface area contributed by atoms with E-state index in [1.54, 1.807) is 67.8 Å². The third-order valence-electron chi connectivity index (χ3n) is 4.66. The number of ether oxygens (including phenoxy) is 4. The normalized spacial score (nSPS) is 13.5. The lowest BCUT2D eigenvalue weighted by Crippen LogP contribution is -2.10. The number of carbonyl (C=O) groups excluding carboxylic acids is 2. The molecular weight excluding hydrogens is 464 g/mol. The average Bonchev–Trinajstić information content (AvgIpc) is 3.09. The number of carbonyl (C=O) groups is 2. The zero-order valence-corrected chi connectivity index (χ0v) is 18.3. The van der Waals surface area contributed by atoms with Crippen LogP contribution in [-0.2, 0) is 0 Å². The van der Waals surface area contributed by atoms with Crippen LogP contribution in [0.1, 0.15) is 26.3 Å². The minimum atomic E-state index is -0.518. The molecule has 0 unspecified atom stereocenters. The monoisotopic (exact) mass is 480 g/mol. The van der Waals surface area contributed by atoms with Crippen molar-refractivity contribution in [2.24, 2.45) is 0 Å². The van der Waals surface area contributed by atoms with Gasteiger partial charge in [-0.15, -0.1) is 0 Å². The van der Waals surface area contributed by atoms with E-state index < -0.39 is 5.97 Å². The Hall–Kier alpha value is -3.58. The van der Waals surface area contributed by atoms with E-state index in [1.807, 2.05) is 6.07 Å². The third kappa shape index (κ3) is 4.18. The maximum absolute atomic E-state index is 12.6. The van der Waals surface area contributed by atoms with Crippen LogP contribution in [0.2, 0.25) is 0 Å². The van der Waals surface area contributed by atoms with Crippen molar-refractivity contribution in [2.45, 2.75) is 0 Å². The number of hydrogen-bond acceptors (Lipinski definition) is 6. The number of methoxy groups -OCH3 is 2. The fourth-order valence-corrected chi connectivity index (χ4v) is 3.53. The van der Waals surface area contributed by atoms with Crippen LogP contribution in [-0.4, -0.2) is 26.0 Å². The number of Topliss-reactive ketones (excluding diaryl/α,β-unsaturated/α-hetero) is 1. The lowest BCUT2D eigenvalue weighted by atomic mass is 10.1. The van der Waals surface area contributed by atoms with E-state index in [2.05, 4.69) is 15.9 Å². The van der Waals surface area contributed by atoms with Crippen LogP contribution in [0.25, 0.3) is 6.08 Å². The maximum atomic E-state index is 12.6. The molecule has 0 saturated heterocycles. The van der Waals surface area contributed by atoms with Gasteiger partial charge in [0, 0.05) is 10.5 Å². The molecule has 0 spiro atoms. The van der Waals surface area contributed by atoms with Gasteiger partial charge in [-0.1, -0.05) is 18.2 Å². The van der Waals surface area contributed by atoms with Crippen molar-refractivity contribution in [2.75, 3.05) is 14.2 Å². The Labute approximate surface area is 187 Å². The number of rotatable bonds is 5. The first kappa shape index (κ1) is 20.7. The minimum Gasteiger partial charge on any atom is -0.497 e. The first-order valence-corrected chi connectivity index (χ1v) is 10.1. The molecular formula is C24H17BrO6. The van der Waals surface area contributed by atoms with Crippen molar-refractivity contribution in [1.82, 2.24) is 0 Å². The molecule has 0 atom stereocenters. The van der Waals surface area contributed by atoms with Crippen LogP contribution in [0.4, 0.5) is 0 Å². The van der Waals surface area contributed by atoms with Crippen molar-refractivity contribution in [3.63, 3.8) is 0 Å². The quantitative estimate of drug-likeness (QED) is 0.280. The second kappa shape index (κ2) is 8.65. The summed E-state index contributed by atoms with van der Waals surface area (Å²) >= 11 is 3.34. The summed E-state index contributed by atoms with van der Waals surface area (Å²) in [6.07, 6.45) is 1.61. The Kier molecular flexibility index (Phi) is 5.77. The van der Waals surface area contributed by atoms with Gasteiger partial charge >= 0.3 is 5.97 Å². The molecule has 0 bridgehead atoms. The number of benzene rings is 3. The molecule has 0 N–H and O–H groups in total. The molecule has 0 aliphatic carbocycles. The Morgan fingerprint density at radius 3 is 2.52 bits per heavy atom. The van der Waals surface area contributed by atoms with Crippen LogP contribution in [0.15, 0.2) is 70.9 Å². The predicted molar refractivity (Wildman–Crippen MR) is 118 cm³/mol. The fourth-order valence-electron chi connectivity index (χ4n) is 3.09. The Morgan fingerprint density at radius 2 is 1.77 bits per heavy atom. The largest absolute Gasteiger partial charge is 0.497 e. The minimum absolute atomic E-state index is 0.184. The highest BCUT2D eigenvalue weighted by Crippen LogP contribution is 2.36. The Morgan fingerprint density at radius 1 is 0.968 bits per heavy atom. The first-order valence-electron chi connectivity index (χ1n) is 9.27. The first-order chi connectivity index (χ1) is 15.0. The van der Waals surface area contributed by atoms with Gasteiger partial charge in [0.05, 0.1) is 25.3 Å². The van der Waals surface area contributed by atoms with Gasteiger partial charge in [-0.05, 0) is 64.0 Å². The van der Waals surface area contributed by atoms with Crippen molar-refractivity contribution in [1.29, 1.82) is 0 Å². The van der Waals surface area contributed by atoms with Gasteiger partial charge in [-0.25, -0.2) is 4.79 Å². The maximum Gasteiger partial charge on any atom is 0.344 e. The summed E-state index contributed by atoms with van der Waals surface area (Å²) in [6, 6.07) is 17.0. The van der Waals surface area contributed by atoms with Crippen LogP contribution >= 0.6 is 15.9 Å². The second-order valence-corrected chi connectivity index (χ2v) is 7.44. The topological polar surface area (TPSA) is 71.1 Å². The Balaban J connectivity index is 1.58. The van der Waals surface area contributed by atoms with Crippen molar-refractivity contribution in [3.8, 4) is 23.0 Å². The van der Waals surface area contributed by atoms with E-state index in [0.29, 0.717) is 38.4 Å². The highest BCUT2D eigenvalue weighted by Gasteiger charge is 2.27. The zero-order valence-electron chi connectivity index (χ0n) is 16.7. The molecule has 6 nitrogen and oxygen atoms in total. The number of ketones is 1. The van der Waals surface area contributed by atoms with Gasteiger partial charge in [0.1, 0.15) is 11.5 Å². The summed E-state index contributed by atoms with van der Waals surface area (Å²) in [4.78, 5) is 25.1. The molecule has 31 heavy (non-hydrogen) atoms. The van der Waals surface area contributed by atoms with E-state index in [9.17, 15) is 9.59 Å². The molecule has 0 amide bonds. The van der Waals surface area contributed by atoms with Crippen molar-refractivity contribution < 1.29 is 28.5 Å². The van der Waals surface area contributed by atoms with Crippen molar-refractivity contribution in [3.05, 3.63) is 87.6 Å². The number of allylic oxidation sites excluding steroid dienone is 1. The van der Waals surface area contributed by atoms with Gasteiger partial charge in [-0.3, -0.25) is 4.79 Å². The molecule has 3 aromatic rings. The Bertz CT molecular complexity index is 1210. The molecule has 156 valence electrons. The summed E-state index contributed by atoms with van der Waals surface area (Å²) < 4.78 is 22.4. The number of hydrogen-bond donors (Lipinski definition) is 0. The summed E-state index contributed by atoms with van der Waals surface area (Å²) in [7, 11) is 3.02. The summed E-state index contributed by atoms with van der Waals surface area (Å²) in [5.41, 5.74) is 1.52. The lowest BCUT2D eigenvalue weighted by Gasteiger charge is -2.11. The van der Waals surface area contributed by atoms with E-state index in [1.165, 1.54) is 7.11 Å². The molecule has 0 radical (unpaired) electrons. The second-order valence-electron chi connectivity index (χ2n) is 6.58. The van der Waals surface area contributed by atoms with E-state index >= 15 is 0 Å². The predicted octanol–water partition coefficient (Wildman–Crippen LogP) is 5.30. The lowest BCUT2D eigenvalue weighted by molar-refractivity contribution is 0.0728. The van der Waals surface area contributed by atoms with Crippen LogP contribution < -0.4 is 18.9 Å². The van der Waals surface area contributed by atoms with E-state index in [4.69, 9.17) is 18.9 Å². The summed E-state index contributed by atoms with van der Waals surface area (Å²) in [5.74, 6) is 1.10. The van der Waals surface area contributed by atoms with Crippen LogP contribution in [0.3, 0.4) is 0 Å². The van der Waals surface area contributed by atoms with Crippen LogP contribution in [0, 0.1) is 0 Å². The number of esters is 1. The average molecular weight is 481 g/mol. The highest BCUT2D eigenvalue weighted by atomic mass is 79.9. The van der Waals surface area contributed by atoms with Gasteiger partial charge in [0.15, 0.2) is 17.3 Å². The summed E-state index contributed by atoms with van der Waals surface area (Å²) in [5, 5.41) is 0. The molecule has 0 saturated carbocycles. The molecule has 1 aliphatic rings. The van der Waals surface area contributed by atoms with E-state index in [-0.39, 0.29) is 17.3 Å². The molecule has 4 rings (SSSR count). The standard InChI is InChI=1S/C24H17BrO6/c1-28-15-8-9-17-20(13-15)30-22(23(17)26)12-14-7-10-19(21(11-14)29-2)31-24(27)16-5-3-4-6-18(16)25/h3-13H,1-2H3/b22-12-. The van der Waals surface area contributed by atoms with Crippen LogP contribution in [0.5, 0.6) is 23.0 Å². The molecule has 1 heterocycles. The van der Waals surface area contributed by atoms with Gasteiger partial charge in [0.25, 0.3) is 0 Å². The van der Waals surface area contributed by atoms with Gasteiger partial charge in [-0.2, -0.15) is 0 Å². The zero-order chi connectivity index (χ0) is 22.0. The highest BCUT2D eigenvalue weighted by molar-refractivity contribution is 9.10. The molecule has 0 aromatic heterocycles. The number of fused-ring (bicyclic) bond motifs is 1. The molecule has 1 aliphatic heterocycles. The summed E-state index contributed by atoms with van der Waals surface area (Å²) in [6.45, 7) is 0. The fraction of sp³-hybridized carbons (Fsp3) is 0.0833. The molecule has 7 heteroatoms. The van der Waals surface area contributed by atoms with E-state index in [0.717, 1.165) is 0 Å². The molecule has 0 fully saturated rings. The SMILES string of the molecule is COc1ccc2c(c1)O/C(=C\c1ccc(OC(=O)c3ccccc3Br)c(OC)c1)C2=O.